The van der Waals surface area contributed by atoms with E-state index in [0.29, 0.717) is 33.3 Å². The first-order chi connectivity index (χ1) is 13.5. The number of hydrogen-bond donors (Lipinski definition) is 2. The maximum absolute atomic E-state index is 12.2. The molecule has 28 heavy (non-hydrogen) atoms. The molecule has 3 aromatic rings. The van der Waals surface area contributed by atoms with Crippen LogP contribution in [-0.2, 0) is 0 Å². The monoisotopic (exact) mass is 392 g/mol. The zero-order chi connectivity index (χ0) is 19.7. The number of carbonyl (C=O) groups excluding carboxylic acids is 3. The molecule has 4 rings (SSSR count). The van der Waals surface area contributed by atoms with E-state index in [2.05, 4.69) is 10.6 Å². The lowest BCUT2D eigenvalue weighted by molar-refractivity contribution is 0.0878. The third kappa shape index (κ3) is 3.58. The fourth-order valence-electron chi connectivity index (χ4n) is 2.79. The summed E-state index contributed by atoms with van der Waals surface area (Å²) >= 11 is 5.90. The van der Waals surface area contributed by atoms with E-state index in [4.69, 9.17) is 16.3 Å². The third-order valence-corrected chi connectivity index (χ3v) is 4.38. The Morgan fingerprint density at radius 1 is 0.857 bits per heavy atom. The van der Waals surface area contributed by atoms with E-state index in [1.807, 2.05) is 0 Å². The molecule has 0 saturated heterocycles. The second kappa shape index (κ2) is 7.17. The predicted octanol–water partition coefficient (Wildman–Crippen LogP) is 4.27. The molecule has 3 aromatic carbocycles. The highest BCUT2D eigenvalue weighted by molar-refractivity contribution is 6.31. The van der Waals surface area contributed by atoms with E-state index >= 15 is 0 Å². The molecule has 0 unspecified atom stereocenters. The SMILES string of the molecule is O=C(Nc1ccc(Oc2ccc3c(c2)C(=O)NC3=O)cc1)c1cccc(Cl)c1. The van der Waals surface area contributed by atoms with Crippen molar-refractivity contribution in [2.24, 2.45) is 0 Å². The summed E-state index contributed by atoms with van der Waals surface area (Å²) in [4.78, 5) is 35.5. The van der Waals surface area contributed by atoms with Gasteiger partial charge in [-0.15, -0.1) is 0 Å². The van der Waals surface area contributed by atoms with E-state index < -0.39 is 11.8 Å². The van der Waals surface area contributed by atoms with Gasteiger partial charge in [-0.25, -0.2) is 0 Å². The molecule has 0 spiro atoms. The summed E-state index contributed by atoms with van der Waals surface area (Å²) in [6, 6.07) is 18.1. The standard InChI is InChI=1S/C21H13ClN2O4/c22-13-3-1-2-12(10-13)19(25)23-14-4-6-15(7-5-14)28-16-8-9-17-18(11-16)21(27)24-20(17)26/h1-11H,(H,23,25)(H,24,26,27). The fraction of sp³-hybridized carbons (Fsp3) is 0. The minimum Gasteiger partial charge on any atom is -0.457 e. The molecule has 0 aromatic heterocycles. The van der Waals surface area contributed by atoms with Crippen molar-refractivity contribution >= 4 is 35.0 Å². The minimum atomic E-state index is -0.440. The topological polar surface area (TPSA) is 84.5 Å². The summed E-state index contributed by atoms with van der Waals surface area (Å²) in [5.74, 6) is -0.175. The average molecular weight is 393 g/mol. The lowest BCUT2D eigenvalue weighted by Crippen LogP contribution is -2.19. The number of rotatable bonds is 4. The number of ether oxygens (including phenoxy) is 1. The number of anilines is 1. The van der Waals surface area contributed by atoms with Crippen LogP contribution < -0.4 is 15.4 Å². The van der Waals surface area contributed by atoms with Gasteiger partial charge in [0.1, 0.15) is 11.5 Å². The van der Waals surface area contributed by atoms with Crippen LogP contribution in [0.2, 0.25) is 5.02 Å². The lowest BCUT2D eigenvalue weighted by Gasteiger charge is -2.09. The summed E-state index contributed by atoms with van der Waals surface area (Å²) in [6.45, 7) is 0. The smallest absolute Gasteiger partial charge is 0.259 e. The second-order valence-electron chi connectivity index (χ2n) is 6.08. The fourth-order valence-corrected chi connectivity index (χ4v) is 2.98. The van der Waals surface area contributed by atoms with Crippen molar-refractivity contribution in [3.05, 3.63) is 88.4 Å². The Kier molecular flexibility index (Phi) is 4.55. The molecular weight excluding hydrogens is 380 g/mol. The molecule has 1 aliphatic rings. The number of fused-ring (bicyclic) bond motifs is 1. The van der Waals surface area contributed by atoms with Gasteiger partial charge < -0.3 is 10.1 Å². The van der Waals surface area contributed by atoms with E-state index in [9.17, 15) is 14.4 Å². The van der Waals surface area contributed by atoms with Gasteiger partial charge in [0.05, 0.1) is 11.1 Å². The molecule has 1 aliphatic heterocycles. The van der Waals surface area contributed by atoms with Gasteiger partial charge in [-0.3, -0.25) is 19.7 Å². The van der Waals surface area contributed by atoms with E-state index in [0.717, 1.165) is 0 Å². The van der Waals surface area contributed by atoms with Crippen molar-refractivity contribution in [3.63, 3.8) is 0 Å². The Morgan fingerprint density at radius 2 is 1.57 bits per heavy atom. The van der Waals surface area contributed by atoms with Gasteiger partial charge in [-0.2, -0.15) is 0 Å². The molecule has 6 nitrogen and oxygen atoms in total. The quantitative estimate of drug-likeness (QED) is 0.649. The zero-order valence-corrected chi connectivity index (χ0v) is 15.1. The van der Waals surface area contributed by atoms with E-state index in [-0.39, 0.29) is 11.5 Å². The van der Waals surface area contributed by atoms with Gasteiger partial charge in [0.25, 0.3) is 17.7 Å². The summed E-state index contributed by atoms with van der Waals surface area (Å²) in [5, 5.41) is 5.50. The molecule has 0 atom stereocenters. The molecule has 3 amide bonds. The van der Waals surface area contributed by atoms with E-state index in [1.54, 1.807) is 60.7 Å². The lowest BCUT2D eigenvalue weighted by atomic mass is 10.1. The molecule has 7 heteroatoms. The third-order valence-electron chi connectivity index (χ3n) is 4.14. The van der Waals surface area contributed by atoms with Crippen molar-refractivity contribution in [2.45, 2.75) is 0 Å². The van der Waals surface area contributed by atoms with E-state index in [1.165, 1.54) is 6.07 Å². The number of imide groups is 1. The summed E-state index contributed by atoms with van der Waals surface area (Å²) in [5.41, 5.74) is 1.67. The molecule has 0 aliphatic carbocycles. The van der Waals surface area contributed by atoms with Crippen LogP contribution in [-0.4, -0.2) is 17.7 Å². The Balaban J connectivity index is 1.45. The summed E-state index contributed by atoms with van der Waals surface area (Å²) < 4.78 is 5.73. The van der Waals surface area contributed by atoms with Gasteiger partial charge in [0.2, 0.25) is 0 Å². The van der Waals surface area contributed by atoms with Crippen LogP contribution in [0.25, 0.3) is 0 Å². The second-order valence-corrected chi connectivity index (χ2v) is 6.52. The Labute approximate surface area is 165 Å². The number of benzene rings is 3. The Hall–Kier alpha value is -3.64. The zero-order valence-electron chi connectivity index (χ0n) is 14.4. The molecule has 0 radical (unpaired) electrons. The number of nitrogens with one attached hydrogen (secondary N) is 2. The maximum Gasteiger partial charge on any atom is 0.259 e. The Morgan fingerprint density at radius 3 is 2.32 bits per heavy atom. The van der Waals surface area contributed by atoms with Crippen molar-refractivity contribution < 1.29 is 19.1 Å². The van der Waals surface area contributed by atoms with Crippen LogP contribution >= 0.6 is 11.6 Å². The Bertz CT molecular complexity index is 1110. The van der Waals surface area contributed by atoms with Crippen molar-refractivity contribution in [2.75, 3.05) is 5.32 Å². The molecule has 0 saturated carbocycles. The summed E-state index contributed by atoms with van der Waals surface area (Å²) in [6.07, 6.45) is 0. The van der Waals surface area contributed by atoms with Gasteiger partial charge >= 0.3 is 0 Å². The largest absolute Gasteiger partial charge is 0.457 e. The van der Waals surface area contributed by atoms with Crippen LogP contribution in [0.3, 0.4) is 0 Å². The van der Waals surface area contributed by atoms with Gasteiger partial charge in [-0.1, -0.05) is 17.7 Å². The van der Waals surface area contributed by atoms with Gasteiger partial charge in [0.15, 0.2) is 0 Å². The molecular formula is C21H13ClN2O4. The van der Waals surface area contributed by atoms with Crippen LogP contribution in [0.5, 0.6) is 11.5 Å². The van der Waals surface area contributed by atoms with Crippen molar-refractivity contribution in [1.82, 2.24) is 5.32 Å². The highest BCUT2D eigenvalue weighted by Gasteiger charge is 2.26. The first kappa shape index (κ1) is 17.8. The molecule has 138 valence electrons. The highest BCUT2D eigenvalue weighted by Crippen LogP contribution is 2.27. The number of halogens is 1. The first-order valence-electron chi connectivity index (χ1n) is 8.34. The average Bonchev–Trinajstić information content (AvgIpc) is 2.97. The van der Waals surface area contributed by atoms with Crippen LogP contribution in [0.4, 0.5) is 5.69 Å². The normalized spacial score (nSPS) is 12.3. The highest BCUT2D eigenvalue weighted by atomic mass is 35.5. The maximum atomic E-state index is 12.2. The molecule has 1 heterocycles. The molecule has 0 fully saturated rings. The number of carbonyl (C=O) groups is 3. The van der Waals surface area contributed by atoms with Gasteiger partial charge in [0, 0.05) is 16.3 Å². The van der Waals surface area contributed by atoms with Gasteiger partial charge in [-0.05, 0) is 60.7 Å². The molecule has 0 bridgehead atoms. The first-order valence-corrected chi connectivity index (χ1v) is 8.72. The number of hydrogen-bond acceptors (Lipinski definition) is 4. The molecule has 2 N–H and O–H groups in total. The van der Waals surface area contributed by atoms with Crippen molar-refractivity contribution in [1.29, 1.82) is 0 Å². The predicted molar refractivity (Wildman–Crippen MR) is 104 cm³/mol. The van der Waals surface area contributed by atoms with Crippen molar-refractivity contribution in [3.8, 4) is 11.5 Å². The summed E-state index contributed by atoms with van der Waals surface area (Å²) in [7, 11) is 0. The van der Waals surface area contributed by atoms with Crippen LogP contribution in [0.1, 0.15) is 31.1 Å². The minimum absolute atomic E-state index is 0.273. The number of amides is 3. The van der Waals surface area contributed by atoms with Crippen LogP contribution in [0, 0.1) is 0 Å². The van der Waals surface area contributed by atoms with Crippen LogP contribution in [0.15, 0.2) is 66.7 Å².